The van der Waals surface area contributed by atoms with Gasteiger partial charge in [0.2, 0.25) is 0 Å². The van der Waals surface area contributed by atoms with Gasteiger partial charge in [0.05, 0.1) is 18.8 Å². The Morgan fingerprint density at radius 3 is 2.66 bits per heavy atom. The van der Waals surface area contributed by atoms with E-state index in [1.807, 2.05) is 12.2 Å². The molecule has 1 unspecified atom stereocenters. The molecule has 0 aromatic rings. The first kappa shape index (κ1) is 27.8. The number of aliphatic hydroxyl groups excluding tert-OH is 1. The maximum absolute atomic E-state index is 13.8. The largest absolute Gasteiger partial charge is 0.462 e. The molecule has 0 radical (unpaired) electrons. The van der Waals surface area contributed by atoms with Crippen LogP contribution in [0.4, 0.5) is 0 Å². The van der Waals surface area contributed by atoms with E-state index < -0.39 is 41.6 Å². The van der Waals surface area contributed by atoms with E-state index in [0.29, 0.717) is 35.8 Å². The lowest BCUT2D eigenvalue weighted by molar-refractivity contribution is -0.332. The van der Waals surface area contributed by atoms with Gasteiger partial charge in [-0.05, 0) is 63.0 Å². The average molecular weight is 529 g/mol. The van der Waals surface area contributed by atoms with Crippen molar-refractivity contribution in [2.24, 2.45) is 17.8 Å². The number of fused-ring (bicyclic) bond motifs is 2. The summed E-state index contributed by atoms with van der Waals surface area (Å²) in [5.41, 5.74) is 0.783. The molecule has 0 aromatic heterocycles. The van der Waals surface area contributed by atoms with E-state index in [-0.39, 0.29) is 18.8 Å². The van der Waals surface area contributed by atoms with Crippen LogP contribution in [0.1, 0.15) is 73.1 Å². The van der Waals surface area contributed by atoms with Crippen molar-refractivity contribution in [1.29, 1.82) is 0 Å². The maximum atomic E-state index is 13.8. The highest BCUT2D eigenvalue weighted by molar-refractivity contribution is 5.78. The molecule has 3 fully saturated rings. The predicted octanol–water partition coefficient (Wildman–Crippen LogP) is 4.53. The highest BCUT2D eigenvalue weighted by Gasteiger charge is 2.60. The molecule has 5 aliphatic rings. The molecule has 2 bridgehead atoms. The van der Waals surface area contributed by atoms with Crippen molar-refractivity contribution >= 4 is 5.97 Å². The Labute approximate surface area is 226 Å². The van der Waals surface area contributed by atoms with E-state index >= 15 is 0 Å². The summed E-state index contributed by atoms with van der Waals surface area (Å²) in [4.78, 5) is 13.8. The van der Waals surface area contributed by atoms with E-state index in [1.165, 1.54) is 5.57 Å². The predicted molar refractivity (Wildman–Crippen MR) is 143 cm³/mol. The van der Waals surface area contributed by atoms with E-state index in [1.54, 1.807) is 13.0 Å². The van der Waals surface area contributed by atoms with Crippen molar-refractivity contribution in [3.63, 3.8) is 0 Å². The number of hydrogen-bond acceptors (Lipinski definition) is 7. The Hall–Kier alpha value is -1.77. The van der Waals surface area contributed by atoms with Gasteiger partial charge in [-0.3, -0.25) is 4.79 Å². The molecule has 3 saturated heterocycles. The molecule has 0 saturated carbocycles. The zero-order valence-corrected chi connectivity index (χ0v) is 23.4. The molecular weight excluding hydrogens is 484 g/mol. The Balaban J connectivity index is 1.51. The summed E-state index contributed by atoms with van der Waals surface area (Å²) in [5, 5.41) is 22.8. The van der Waals surface area contributed by atoms with Crippen LogP contribution in [-0.2, 0) is 23.7 Å². The molecule has 210 valence electrons. The summed E-state index contributed by atoms with van der Waals surface area (Å²) >= 11 is 0. The molecule has 4 aliphatic heterocycles. The molecule has 0 amide bonds. The quantitative estimate of drug-likeness (QED) is 0.352. The number of aliphatic hydroxyl groups is 2. The zero-order chi connectivity index (χ0) is 27.2. The first-order valence-corrected chi connectivity index (χ1v) is 14.3. The minimum atomic E-state index is -1.68. The first-order chi connectivity index (χ1) is 18.0. The summed E-state index contributed by atoms with van der Waals surface area (Å²) in [6.45, 7) is 10.5. The van der Waals surface area contributed by atoms with Gasteiger partial charge in [-0.1, -0.05) is 49.8 Å². The van der Waals surface area contributed by atoms with Crippen LogP contribution in [0, 0.1) is 17.8 Å². The number of rotatable bonds is 0. The molecule has 38 heavy (non-hydrogen) atoms. The van der Waals surface area contributed by atoms with E-state index in [2.05, 4.69) is 39.8 Å². The van der Waals surface area contributed by atoms with Gasteiger partial charge >= 0.3 is 5.97 Å². The minimum absolute atomic E-state index is 0.0526. The van der Waals surface area contributed by atoms with Crippen LogP contribution >= 0.6 is 0 Å². The summed E-state index contributed by atoms with van der Waals surface area (Å²) in [7, 11) is 0. The lowest BCUT2D eigenvalue weighted by Gasteiger charge is -2.49. The van der Waals surface area contributed by atoms with Gasteiger partial charge in [0, 0.05) is 19.3 Å². The number of carbonyl (C=O) groups is 1. The standard InChI is InChI=1S/C31H44O7/c1-18-7-6-8-23-17-35-28-27(32)21(4)14-26(31(23,28)34)29(33)36-25-15-24(10-9-19(2)13-18)38-30(16-25)12-11-20(3)22(5)37-30/h6-9,14,18,20,22,24-28,32,34H,10-13,15-17H2,1-5H3/b7-6+,19-9+,23-8+/t18-,20-,22+,24+,25-,26-,27+,28+,30?,31+/m0/s1. The van der Waals surface area contributed by atoms with Crippen molar-refractivity contribution in [2.75, 3.05) is 6.61 Å². The number of esters is 1. The first-order valence-electron chi connectivity index (χ1n) is 14.3. The van der Waals surface area contributed by atoms with Gasteiger partial charge in [-0.15, -0.1) is 0 Å². The van der Waals surface area contributed by atoms with Crippen molar-refractivity contribution in [1.82, 2.24) is 0 Å². The minimum Gasteiger partial charge on any atom is -0.462 e. The highest BCUT2D eigenvalue weighted by atomic mass is 16.7. The summed E-state index contributed by atoms with van der Waals surface area (Å²) in [6.07, 6.45) is 11.8. The topological polar surface area (TPSA) is 94.5 Å². The Morgan fingerprint density at radius 1 is 1.11 bits per heavy atom. The second-order valence-corrected chi connectivity index (χ2v) is 12.4. The lowest BCUT2D eigenvalue weighted by Crippen LogP contribution is -2.58. The average Bonchev–Trinajstić information content (AvgIpc) is 3.19. The van der Waals surface area contributed by atoms with E-state index in [9.17, 15) is 15.0 Å². The molecule has 7 heteroatoms. The zero-order valence-electron chi connectivity index (χ0n) is 23.4. The normalized spacial score (nSPS) is 49.7. The second-order valence-electron chi connectivity index (χ2n) is 12.4. The maximum Gasteiger partial charge on any atom is 0.316 e. The molecule has 10 atom stereocenters. The van der Waals surface area contributed by atoms with Crippen molar-refractivity contribution in [3.8, 4) is 0 Å². The van der Waals surface area contributed by atoms with Crippen molar-refractivity contribution < 1.29 is 34.0 Å². The van der Waals surface area contributed by atoms with Gasteiger partial charge in [-0.2, -0.15) is 0 Å². The molecule has 0 aromatic carbocycles. The number of allylic oxidation sites excluding steroid dienone is 4. The molecule has 1 aliphatic carbocycles. The van der Waals surface area contributed by atoms with Gasteiger partial charge < -0.3 is 29.2 Å². The van der Waals surface area contributed by atoms with Crippen LogP contribution in [-0.4, -0.2) is 64.7 Å². The van der Waals surface area contributed by atoms with Gasteiger partial charge in [0.1, 0.15) is 29.8 Å². The lowest BCUT2D eigenvalue weighted by atomic mass is 9.71. The molecule has 7 nitrogen and oxygen atoms in total. The van der Waals surface area contributed by atoms with Crippen LogP contribution in [0.3, 0.4) is 0 Å². The SMILES string of the molecule is CC1=C[C@H]2C(=O)O[C@H]3C[C@@H](C/C=C(\C)C[C@@H](C)/C=C/C=C4\CO[C@H]([C@@H]1O)[C@@]42O)OC1(CC[C@H](C)[C@@H](C)O1)C3. The van der Waals surface area contributed by atoms with Gasteiger partial charge in [0.15, 0.2) is 5.79 Å². The molecule has 5 rings (SSSR count). The van der Waals surface area contributed by atoms with Crippen LogP contribution in [0.2, 0.25) is 0 Å². The monoisotopic (exact) mass is 528 g/mol. The Bertz CT molecular complexity index is 1040. The van der Waals surface area contributed by atoms with E-state index in [4.69, 9.17) is 18.9 Å². The summed E-state index contributed by atoms with van der Waals surface area (Å²) < 4.78 is 25.2. The third-order valence-corrected chi connectivity index (χ3v) is 9.30. The van der Waals surface area contributed by atoms with Crippen molar-refractivity contribution in [2.45, 2.75) is 115 Å². The van der Waals surface area contributed by atoms with Crippen LogP contribution in [0.25, 0.3) is 0 Å². The third-order valence-electron chi connectivity index (χ3n) is 9.30. The Kier molecular flexibility index (Phi) is 7.79. The van der Waals surface area contributed by atoms with Gasteiger partial charge in [0.25, 0.3) is 0 Å². The molecule has 2 N–H and O–H groups in total. The number of carbonyl (C=O) groups excluding carboxylic acids is 1. The van der Waals surface area contributed by atoms with E-state index in [0.717, 1.165) is 25.7 Å². The van der Waals surface area contributed by atoms with Crippen LogP contribution in [0.15, 0.2) is 47.1 Å². The summed E-state index contributed by atoms with van der Waals surface area (Å²) in [6, 6.07) is 0. The van der Waals surface area contributed by atoms with Crippen LogP contribution in [0.5, 0.6) is 0 Å². The molecule has 1 spiro atoms. The second kappa shape index (κ2) is 10.7. The van der Waals surface area contributed by atoms with Crippen molar-refractivity contribution in [3.05, 3.63) is 47.1 Å². The highest BCUT2D eigenvalue weighted by Crippen LogP contribution is 2.47. The number of hydrogen-bond donors (Lipinski definition) is 2. The fraction of sp³-hybridized carbons (Fsp3) is 0.710. The smallest absolute Gasteiger partial charge is 0.316 e. The van der Waals surface area contributed by atoms with Crippen LogP contribution < -0.4 is 0 Å². The molecular formula is C31H44O7. The van der Waals surface area contributed by atoms with Gasteiger partial charge in [-0.25, -0.2) is 0 Å². The Morgan fingerprint density at radius 2 is 1.89 bits per heavy atom. The number of ether oxygens (including phenoxy) is 4. The fourth-order valence-corrected chi connectivity index (χ4v) is 6.85. The third kappa shape index (κ3) is 5.20. The molecule has 4 heterocycles. The summed E-state index contributed by atoms with van der Waals surface area (Å²) in [5.74, 6) is -1.53. The fourth-order valence-electron chi connectivity index (χ4n) is 6.85.